The average Bonchev–Trinajstić information content (AvgIpc) is 3.01. The molecule has 0 aliphatic heterocycles. The van der Waals surface area contributed by atoms with Gasteiger partial charge in [-0.1, -0.05) is 54.6 Å². The van der Waals surface area contributed by atoms with Gasteiger partial charge in [-0.15, -0.1) is 0 Å². The van der Waals surface area contributed by atoms with Gasteiger partial charge < -0.3 is 5.11 Å². The molecular formula is C24H15NO2. The largest absolute Gasteiger partial charge is 0.508 e. The van der Waals surface area contributed by atoms with E-state index in [2.05, 4.69) is 0 Å². The standard InChI is InChI=1S/C24H15NO2/c26-17-12-10-16(11-13-17)21-14-20(15-6-2-1-3-7-15)22-23(25-21)18-8-4-5-9-19(18)24(22)27/h1-14,26H. The monoisotopic (exact) mass is 349 g/mol. The zero-order valence-electron chi connectivity index (χ0n) is 14.4. The Kier molecular flexibility index (Phi) is 3.41. The Hall–Kier alpha value is -3.72. The summed E-state index contributed by atoms with van der Waals surface area (Å²) < 4.78 is 0. The number of carbonyl (C=O) groups is 1. The van der Waals surface area contributed by atoms with E-state index in [1.165, 1.54) is 0 Å². The molecule has 128 valence electrons. The molecule has 4 aromatic rings. The van der Waals surface area contributed by atoms with Crippen molar-refractivity contribution in [3.8, 4) is 39.4 Å². The number of ketones is 1. The van der Waals surface area contributed by atoms with Crippen molar-refractivity contribution in [2.45, 2.75) is 0 Å². The van der Waals surface area contributed by atoms with Crippen LogP contribution in [0.2, 0.25) is 0 Å². The van der Waals surface area contributed by atoms with Gasteiger partial charge in [0.25, 0.3) is 0 Å². The van der Waals surface area contributed by atoms with Crippen molar-refractivity contribution < 1.29 is 9.90 Å². The van der Waals surface area contributed by atoms with Gasteiger partial charge in [0, 0.05) is 16.7 Å². The molecule has 0 saturated carbocycles. The zero-order valence-corrected chi connectivity index (χ0v) is 14.4. The first-order valence-electron chi connectivity index (χ1n) is 8.76. The predicted octanol–water partition coefficient (Wildman–Crippen LogP) is 5.33. The summed E-state index contributed by atoms with van der Waals surface area (Å²) in [4.78, 5) is 17.9. The Morgan fingerprint density at radius 2 is 1.33 bits per heavy atom. The lowest BCUT2D eigenvalue weighted by Crippen LogP contribution is -2.00. The van der Waals surface area contributed by atoms with E-state index in [9.17, 15) is 9.90 Å². The molecule has 3 nitrogen and oxygen atoms in total. The fourth-order valence-electron chi connectivity index (χ4n) is 3.62. The van der Waals surface area contributed by atoms with Gasteiger partial charge in [-0.3, -0.25) is 4.79 Å². The molecule has 1 aromatic heterocycles. The number of aromatic hydroxyl groups is 1. The lowest BCUT2D eigenvalue weighted by atomic mass is 9.96. The van der Waals surface area contributed by atoms with Crippen molar-refractivity contribution in [2.75, 3.05) is 0 Å². The van der Waals surface area contributed by atoms with Crippen LogP contribution in [0.15, 0.2) is 84.9 Å². The third kappa shape index (κ3) is 2.44. The topological polar surface area (TPSA) is 50.2 Å². The molecule has 0 radical (unpaired) electrons. The smallest absolute Gasteiger partial charge is 0.196 e. The van der Waals surface area contributed by atoms with E-state index in [0.717, 1.165) is 33.6 Å². The SMILES string of the molecule is O=C1c2ccccc2-c2nc(-c3ccc(O)cc3)cc(-c3ccccc3)c21. The average molecular weight is 349 g/mol. The fraction of sp³-hybridized carbons (Fsp3) is 0. The number of benzene rings is 3. The van der Waals surface area contributed by atoms with Crippen molar-refractivity contribution >= 4 is 5.78 Å². The number of carbonyl (C=O) groups excluding carboxylic acids is 1. The predicted molar refractivity (Wildman–Crippen MR) is 106 cm³/mol. The van der Waals surface area contributed by atoms with Crippen LogP contribution in [0.1, 0.15) is 15.9 Å². The Morgan fingerprint density at radius 3 is 2.07 bits per heavy atom. The summed E-state index contributed by atoms with van der Waals surface area (Å²) in [6.07, 6.45) is 0. The van der Waals surface area contributed by atoms with Gasteiger partial charge >= 0.3 is 0 Å². The molecule has 1 N–H and O–H groups in total. The quantitative estimate of drug-likeness (QED) is 0.468. The molecule has 0 bridgehead atoms. The molecule has 1 aliphatic carbocycles. The molecule has 0 amide bonds. The molecule has 0 spiro atoms. The lowest BCUT2D eigenvalue weighted by Gasteiger charge is -2.11. The number of hydrogen-bond acceptors (Lipinski definition) is 3. The van der Waals surface area contributed by atoms with E-state index in [1.54, 1.807) is 12.1 Å². The molecule has 3 aromatic carbocycles. The Balaban J connectivity index is 1.82. The van der Waals surface area contributed by atoms with E-state index < -0.39 is 0 Å². The minimum Gasteiger partial charge on any atom is -0.508 e. The third-order valence-electron chi connectivity index (χ3n) is 4.92. The molecule has 0 atom stereocenters. The van der Waals surface area contributed by atoms with Crippen molar-refractivity contribution in [1.29, 1.82) is 0 Å². The van der Waals surface area contributed by atoms with Crippen molar-refractivity contribution in [2.24, 2.45) is 0 Å². The number of phenols is 1. The number of nitrogens with zero attached hydrogens (tertiary/aromatic N) is 1. The van der Waals surface area contributed by atoms with Crippen molar-refractivity contribution in [3.63, 3.8) is 0 Å². The van der Waals surface area contributed by atoms with Crippen LogP contribution in [-0.4, -0.2) is 15.9 Å². The van der Waals surface area contributed by atoms with Gasteiger partial charge in [0.2, 0.25) is 0 Å². The van der Waals surface area contributed by atoms with Gasteiger partial charge in [-0.25, -0.2) is 4.98 Å². The number of rotatable bonds is 2. The van der Waals surface area contributed by atoms with Crippen LogP contribution < -0.4 is 0 Å². The van der Waals surface area contributed by atoms with E-state index >= 15 is 0 Å². The van der Waals surface area contributed by atoms with Crippen LogP contribution in [-0.2, 0) is 0 Å². The van der Waals surface area contributed by atoms with Crippen LogP contribution in [0.25, 0.3) is 33.6 Å². The summed E-state index contributed by atoms with van der Waals surface area (Å²) >= 11 is 0. The van der Waals surface area contributed by atoms with Gasteiger partial charge in [-0.05, 0) is 41.5 Å². The van der Waals surface area contributed by atoms with Crippen LogP contribution in [0.3, 0.4) is 0 Å². The van der Waals surface area contributed by atoms with E-state index in [-0.39, 0.29) is 11.5 Å². The third-order valence-corrected chi connectivity index (χ3v) is 4.92. The summed E-state index contributed by atoms with van der Waals surface area (Å²) in [5.74, 6) is 0.230. The van der Waals surface area contributed by atoms with Crippen LogP contribution in [0.5, 0.6) is 5.75 Å². The van der Waals surface area contributed by atoms with Crippen molar-refractivity contribution in [1.82, 2.24) is 4.98 Å². The molecule has 0 fully saturated rings. The minimum absolute atomic E-state index is 0.0178. The molecule has 27 heavy (non-hydrogen) atoms. The molecule has 0 unspecified atom stereocenters. The number of hydrogen-bond donors (Lipinski definition) is 1. The molecule has 1 heterocycles. The maximum absolute atomic E-state index is 13.1. The highest BCUT2D eigenvalue weighted by Gasteiger charge is 2.31. The number of aromatic nitrogens is 1. The molecule has 0 saturated heterocycles. The van der Waals surface area contributed by atoms with Gasteiger partial charge in [-0.2, -0.15) is 0 Å². The first-order valence-corrected chi connectivity index (χ1v) is 8.76. The number of phenolic OH excluding ortho intramolecular Hbond substituents is 1. The minimum atomic E-state index is 0.0178. The van der Waals surface area contributed by atoms with Crippen LogP contribution >= 0.6 is 0 Å². The zero-order chi connectivity index (χ0) is 18.4. The summed E-state index contributed by atoms with van der Waals surface area (Å²) in [6.45, 7) is 0. The summed E-state index contributed by atoms with van der Waals surface area (Å²) in [7, 11) is 0. The summed E-state index contributed by atoms with van der Waals surface area (Å²) in [5, 5.41) is 9.59. The maximum Gasteiger partial charge on any atom is 0.196 e. The maximum atomic E-state index is 13.1. The Bertz CT molecular complexity index is 1180. The molecule has 5 rings (SSSR count). The first-order chi connectivity index (χ1) is 13.2. The second-order valence-electron chi connectivity index (χ2n) is 6.57. The highest BCUT2D eigenvalue weighted by Crippen LogP contribution is 2.42. The van der Waals surface area contributed by atoms with E-state index in [1.807, 2.05) is 72.8 Å². The highest BCUT2D eigenvalue weighted by molar-refractivity contribution is 6.24. The van der Waals surface area contributed by atoms with Gasteiger partial charge in [0.15, 0.2) is 5.78 Å². The van der Waals surface area contributed by atoms with Crippen LogP contribution in [0.4, 0.5) is 0 Å². The summed E-state index contributed by atoms with van der Waals surface area (Å²) in [6, 6.07) is 26.4. The normalized spacial score (nSPS) is 11.9. The van der Waals surface area contributed by atoms with E-state index in [4.69, 9.17) is 4.98 Å². The molecule has 1 aliphatic rings. The summed E-state index contributed by atoms with van der Waals surface area (Å²) in [5.41, 5.74) is 6.48. The second-order valence-corrected chi connectivity index (χ2v) is 6.57. The Morgan fingerprint density at radius 1 is 0.667 bits per heavy atom. The van der Waals surface area contributed by atoms with Gasteiger partial charge in [0.1, 0.15) is 5.75 Å². The fourth-order valence-corrected chi connectivity index (χ4v) is 3.62. The Labute approximate surface area is 156 Å². The number of pyridine rings is 1. The van der Waals surface area contributed by atoms with Crippen LogP contribution in [0, 0.1) is 0 Å². The lowest BCUT2D eigenvalue weighted by molar-refractivity contribution is 0.104. The highest BCUT2D eigenvalue weighted by atomic mass is 16.3. The first kappa shape index (κ1) is 15.5. The van der Waals surface area contributed by atoms with E-state index in [0.29, 0.717) is 11.1 Å². The second kappa shape index (κ2) is 5.92. The van der Waals surface area contributed by atoms with Gasteiger partial charge in [0.05, 0.1) is 17.0 Å². The number of fused-ring (bicyclic) bond motifs is 3. The molecule has 3 heteroatoms. The van der Waals surface area contributed by atoms with Crippen molar-refractivity contribution in [3.05, 3.63) is 96.1 Å². The molecular weight excluding hydrogens is 334 g/mol.